The number of aliphatic imine (C=N–C) groups is 1. The first-order chi connectivity index (χ1) is 15.1. The Hall–Kier alpha value is -3.55. The Bertz CT molecular complexity index is 1320. The number of fused-ring (bicyclic) bond motifs is 1. The highest BCUT2D eigenvalue weighted by Crippen LogP contribution is 2.40. The summed E-state index contributed by atoms with van der Waals surface area (Å²) in [6.45, 7) is 1.86. The average Bonchev–Trinajstić information content (AvgIpc) is 3.41. The lowest BCUT2D eigenvalue weighted by Gasteiger charge is -2.39. The largest absolute Gasteiger partial charge is 0.361 e. The molecule has 1 aliphatic carbocycles. The molecule has 0 bridgehead atoms. The highest BCUT2D eigenvalue weighted by molar-refractivity contribution is 6.48. The molecule has 2 aromatic rings. The molecule has 2 atom stereocenters. The van der Waals surface area contributed by atoms with Gasteiger partial charge in [-0.15, -0.1) is 0 Å². The van der Waals surface area contributed by atoms with Crippen molar-refractivity contribution in [1.82, 2.24) is 10.3 Å². The lowest BCUT2D eigenvalue weighted by atomic mass is 9.85. The highest BCUT2D eigenvalue weighted by atomic mass is 16.3. The smallest absolute Gasteiger partial charge is 0.261 e. The molecule has 7 nitrogen and oxygen atoms in total. The number of nitrogens with one attached hydrogen (secondary N) is 2. The molecule has 3 N–H and O–H groups in total. The molecule has 2 amide bonds. The molecule has 0 fully saturated rings. The predicted octanol–water partition coefficient (Wildman–Crippen LogP) is 1.60. The number of aliphatic hydroxyl groups is 1. The minimum Gasteiger partial charge on any atom is -0.361 e. The molecule has 6 rings (SSSR count). The van der Waals surface area contributed by atoms with E-state index in [4.69, 9.17) is 4.99 Å². The zero-order valence-corrected chi connectivity index (χ0v) is 16.8. The number of aliphatic hydroxyl groups excluding tert-OH is 1. The summed E-state index contributed by atoms with van der Waals surface area (Å²) in [5.74, 6) is -0.833. The van der Waals surface area contributed by atoms with Crippen LogP contribution >= 0.6 is 0 Å². The van der Waals surface area contributed by atoms with Crippen molar-refractivity contribution in [3.05, 3.63) is 77.0 Å². The van der Waals surface area contributed by atoms with Crippen molar-refractivity contribution in [2.75, 3.05) is 26.4 Å². The Morgan fingerprint density at radius 2 is 2.00 bits per heavy atom. The zero-order chi connectivity index (χ0) is 21.2. The first-order valence-electron chi connectivity index (χ1n) is 10.4. The molecule has 7 heteroatoms. The third kappa shape index (κ3) is 2.44. The molecule has 4 heterocycles. The standard InChI is InChI=1S/C24H20N4O3/c29-13-28-10-8-14-4-3-6-16(22(14)28)21(25-9-11-28)20-19(23(30)27-24(20)31)17-12-26-18-7-2-1-5-15(17)18/h1-8,12,22,29H,9-11,13H2,(H-,25,26,27,30,31)/p+1. The van der Waals surface area contributed by atoms with Gasteiger partial charge in [-0.25, -0.2) is 0 Å². The summed E-state index contributed by atoms with van der Waals surface area (Å²) < 4.78 is 0.476. The van der Waals surface area contributed by atoms with Crippen molar-refractivity contribution in [2.24, 2.45) is 4.99 Å². The van der Waals surface area contributed by atoms with Crippen molar-refractivity contribution in [1.29, 1.82) is 0 Å². The Morgan fingerprint density at radius 3 is 2.87 bits per heavy atom. The van der Waals surface area contributed by atoms with Crippen LogP contribution in [0.4, 0.5) is 0 Å². The average molecular weight is 413 g/mol. The van der Waals surface area contributed by atoms with Crippen molar-refractivity contribution in [3.8, 4) is 0 Å². The second-order valence-corrected chi connectivity index (χ2v) is 8.37. The fourth-order valence-electron chi connectivity index (χ4n) is 5.34. The number of amides is 2. The Balaban J connectivity index is 1.58. The number of aromatic amines is 1. The van der Waals surface area contributed by atoms with Crippen LogP contribution in [0.2, 0.25) is 0 Å². The molecule has 3 aliphatic heterocycles. The summed E-state index contributed by atoms with van der Waals surface area (Å²) >= 11 is 0. The molecule has 2 unspecified atom stereocenters. The van der Waals surface area contributed by atoms with Gasteiger partial charge in [0.15, 0.2) is 6.73 Å². The number of imide groups is 1. The number of para-hydroxylation sites is 1. The van der Waals surface area contributed by atoms with Crippen LogP contribution in [-0.4, -0.2) is 64.5 Å². The van der Waals surface area contributed by atoms with Crippen LogP contribution < -0.4 is 5.32 Å². The van der Waals surface area contributed by atoms with Crippen LogP contribution in [0.3, 0.4) is 0 Å². The van der Waals surface area contributed by atoms with Crippen LogP contribution in [0.15, 0.2) is 76.5 Å². The number of quaternary nitrogens is 1. The molecule has 1 aromatic carbocycles. The molecule has 1 aromatic heterocycles. The summed E-state index contributed by atoms with van der Waals surface area (Å²) in [7, 11) is 0. The molecule has 0 saturated heterocycles. The topological polar surface area (TPSA) is 94.5 Å². The van der Waals surface area contributed by atoms with E-state index in [1.54, 1.807) is 6.20 Å². The number of rotatable bonds is 3. The van der Waals surface area contributed by atoms with E-state index < -0.39 is 11.8 Å². The summed E-state index contributed by atoms with van der Waals surface area (Å²) in [6, 6.07) is 7.62. The lowest BCUT2D eigenvalue weighted by Crippen LogP contribution is -2.55. The van der Waals surface area contributed by atoms with Gasteiger partial charge in [0.05, 0.1) is 23.4 Å². The third-order valence-electron chi connectivity index (χ3n) is 6.81. The van der Waals surface area contributed by atoms with E-state index in [0.29, 0.717) is 40.0 Å². The van der Waals surface area contributed by atoms with E-state index in [9.17, 15) is 14.7 Å². The zero-order valence-electron chi connectivity index (χ0n) is 16.8. The van der Waals surface area contributed by atoms with Gasteiger partial charge >= 0.3 is 0 Å². The predicted molar refractivity (Wildman–Crippen MR) is 117 cm³/mol. The van der Waals surface area contributed by atoms with Crippen LogP contribution in [0.25, 0.3) is 16.5 Å². The molecule has 154 valence electrons. The summed E-state index contributed by atoms with van der Waals surface area (Å²) in [5, 5.41) is 13.7. The minimum atomic E-state index is -0.424. The first-order valence-corrected chi connectivity index (χ1v) is 10.4. The fourth-order valence-corrected chi connectivity index (χ4v) is 5.34. The van der Waals surface area contributed by atoms with E-state index in [1.165, 1.54) is 0 Å². The summed E-state index contributed by atoms with van der Waals surface area (Å²) in [6.07, 6.45) is 9.91. The van der Waals surface area contributed by atoms with E-state index >= 15 is 0 Å². The second kappa shape index (κ2) is 6.47. The highest BCUT2D eigenvalue weighted by Gasteiger charge is 2.49. The number of allylic oxidation sites excluding steroid dienone is 2. The van der Waals surface area contributed by atoms with Gasteiger partial charge in [-0.1, -0.05) is 36.4 Å². The molecular weight excluding hydrogens is 392 g/mol. The molecule has 0 radical (unpaired) electrons. The second-order valence-electron chi connectivity index (χ2n) is 8.37. The van der Waals surface area contributed by atoms with Gasteiger partial charge in [-0.05, 0) is 12.1 Å². The number of H-pyrrole nitrogens is 1. The van der Waals surface area contributed by atoms with Gasteiger partial charge < -0.3 is 10.1 Å². The molecule has 0 spiro atoms. The van der Waals surface area contributed by atoms with Gasteiger partial charge in [0.25, 0.3) is 11.8 Å². The van der Waals surface area contributed by atoms with Gasteiger partial charge in [0.2, 0.25) is 0 Å². The lowest BCUT2D eigenvalue weighted by molar-refractivity contribution is -0.945. The van der Waals surface area contributed by atoms with Gasteiger partial charge in [0.1, 0.15) is 19.1 Å². The Labute approximate surface area is 178 Å². The SMILES string of the molecule is O=C1NC(=O)C(c2c[nH]c3ccccc23)=C1C1=NCC[N+]2(CO)CC=C3C=CC=C1C32. The van der Waals surface area contributed by atoms with E-state index in [0.717, 1.165) is 28.6 Å². The van der Waals surface area contributed by atoms with Crippen LogP contribution in [0.1, 0.15) is 5.56 Å². The van der Waals surface area contributed by atoms with Gasteiger partial charge in [-0.3, -0.25) is 24.4 Å². The van der Waals surface area contributed by atoms with Crippen molar-refractivity contribution < 1.29 is 19.2 Å². The monoisotopic (exact) mass is 413 g/mol. The van der Waals surface area contributed by atoms with Crippen molar-refractivity contribution >= 4 is 34.0 Å². The quantitative estimate of drug-likeness (QED) is 0.527. The normalized spacial score (nSPS) is 27.1. The number of aromatic nitrogens is 1. The number of carbonyl (C=O) groups is 2. The van der Waals surface area contributed by atoms with Gasteiger partial charge in [0, 0.05) is 33.8 Å². The van der Waals surface area contributed by atoms with E-state index in [-0.39, 0.29) is 12.8 Å². The van der Waals surface area contributed by atoms with E-state index in [2.05, 4.69) is 22.5 Å². The first kappa shape index (κ1) is 18.2. The molecule has 4 aliphatic rings. The van der Waals surface area contributed by atoms with E-state index in [1.807, 2.05) is 36.4 Å². The maximum atomic E-state index is 13.0. The maximum Gasteiger partial charge on any atom is 0.261 e. The summed E-state index contributed by atoms with van der Waals surface area (Å²) in [5.41, 5.74) is 4.83. The van der Waals surface area contributed by atoms with Crippen LogP contribution in [0.5, 0.6) is 0 Å². The number of carbonyl (C=O) groups excluding carboxylic acids is 2. The number of hydrogen-bond acceptors (Lipinski definition) is 4. The number of benzene rings is 1. The molecule has 31 heavy (non-hydrogen) atoms. The van der Waals surface area contributed by atoms with Gasteiger partial charge in [-0.2, -0.15) is 0 Å². The molecular formula is C24H21N4O3+. The number of nitrogens with zero attached hydrogens (tertiary/aromatic N) is 2. The Kier molecular flexibility index (Phi) is 3.81. The maximum absolute atomic E-state index is 13.0. The number of hydrogen-bond donors (Lipinski definition) is 3. The minimum absolute atomic E-state index is 0.00186. The summed E-state index contributed by atoms with van der Waals surface area (Å²) in [4.78, 5) is 34.0. The van der Waals surface area contributed by atoms with Crippen LogP contribution in [0, 0.1) is 0 Å². The molecule has 0 saturated carbocycles. The fraction of sp³-hybridized carbons (Fsp3) is 0.208. The van der Waals surface area contributed by atoms with Crippen molar-refractivity contribution in [2.45, 2.75) is 6.04 Å². The van der Waals surface area contributed by atoms with Crippen LogP contribution in [-0.2, 0) is 9.59 Å². The third-order valence-corrected chi connectivity index (χ3v) is 6.81. The van der Waals surface area contributed by atoms with Crippen molar-refractivity contribution in [3.63, 3.8) is 0 Å². The Morgan fingerprint density at radius 1 is 1.16 bits per heavy atom.